The Morgan fingerprint density at radius 3 is 2.71 bits per heavy atom. The summed E-state index contributed by atoms with van der Waals surface area (Å²) in [7, 11) is 0. The molecule has 0 aliphatic rings. The van der Waals surface area contributed by atoms with Gasteiger partial charge < -0.3 is 0 Å². The predicted octanol–water partition coefficient (Wildman–Crippen LogP) is 5.26. The number of carbonyl (C=O) groups excluding carboxylic acids is 1. The number of hydrogen-bond donors (Lipinski definition) is 0. The highest BCUT2D eigenvalue weighted by atomic mass is 35.5. The maximum Gasteiger partial charge on any atom is 0.177 e. The number of rotatable bonds is 3. The number of fused-ring (bicyclic) bond motifs is 1. The molecule has 21 heavy (non-hydrogen) atoms. The van der Waals surface area contributed by atoms with Crippen molar-refractivity contribution < 1.29 is 13.6 Å². The first kappa shape index (κ1) is 14.2. The summed E-state index contributed by atoms with van der Waals surface area (Å²) in [6.45, 7) is 0. The molecule has 0 spiro atoms. The fourth-order valence-electron chi connectivity index (χ4n) is 2.09. The van der Waals surface area contributed by atoms with Gasteiger partial charge in [0.15, 0.2) is 5.78 Å². The zero-order valence-electron chi connectivity index (χ0n) is 10.7. The number of ketones is 1. The molecular formula is C16H9ClF2OS. The topological polar surface area (TPSA) is 17.1 Å². The van der Waals surface area contributed by atoms with Crippen LogP contribution in [-0.2, 0) is 6.42 Å². The van der Waals surface area contributed by atoms with Gasteiger partial charge in [0.25, 0.3) is 0 Å². The summed E-state index contributed by atoms with van der Waals surface area (Å²) in [6, 6.07) is 10.1. The van der Waals surface area contributed by atoms with Crippen molar-refractivity contribution in [3.63, 3.8) is 0 Å². The second-order valence-corrected chi connectivity index (χ2v) is 6.15. The van der Waals surface area contributed by atoms with Gasteiger partial charge in [-0.15, -0.1) is 11.3 Å². The molecule has 0 unspecified atom stereocenters. The zero-order chi connectivity index (χ0) is 15.0. The van der Waals surface area contributed by atoms with E-state index in [1.54, 1.807) is 12.1 Å². The lowest BCUT2D eigenvalue weighted by molar-refractivity contribution is 0.0995. The number of thiophene rings is 1. The van der Waals surface area contributed by atoms with E-state index < -0.39 is 5.82 Å². The van der Waals surface area contributed by atoms with Crippen LogP contribution in [0.2, 0.25) is 5.02 Å². The minimum atomic E-state index is -0.458. The molecule has 0 atom stereocenters. The summed E-state index contributed by atoms with van der Waals surface area (Å²) >= 11 is 7.08. The summed E-state index contributed by atoms with van der Waals surface area (Å²) < 4.78 is 27.6. The molecule has 1 heterocycles. The minimum absolute atomic E-state index is 0.0678. The molecule has 0 N–H and O–H groups in total. The van der Waals surface area contributed by atoms with Crippen LogP contribution in [0.25, 0.3) is 10.1 Å². The van der Waals surface area contributed by atoms with Gasteiger partial charge in [0.1, 0.15) is 11.6 Å². The first-order valence-corrected chi connectivity index (χ1v) is 7.38. The van der Waals surface area contributed by atoms with Crippen LogP contribution in [0.4, 0.5) is 8.78 Å². The van der Waals surface area contributed by atoms with Crippen LogP contribution in [-0.4, -0.2) is 5.78 Å². The summed E-state index contributed by atoms with van der Waals surface area (Å²) in [6.07, 6.45) is -0.0678. The third-order valence-corrected chi connectivity index (χ3v) is 4.50. The van der Waals surface area contributed by atoms with Crippen LogP contribution in [0.5, 0.6) is 0 Å². The largest absolute Gasteiger partial charge is 0.293 e. The van der Waals surface area contributed by atoms with Gasteiger partial charge in [-0.05, 0) is 53.4 Å². The Hall–Kier alpha value is -1.78. The Morgan fingerprint density at radius 2 is 1.90 bits per heavy atom. The van der Waals surface area contributed by atoms with Gasteiger partial charge in [-0.3, -0.25) is 4.79 Å². The standard InChI is InChI=1S/C16H9ClF2OS/c17-11-1-3-13(19)9(5-11)7-14(20)16-8-10-6-12(18)2-4-15(10)21-16/h1-6,8H,7H2. The van der Waals surface area contributed by atoms with E-state index in [0.717, 1.165) is 4.70 Å². The van der Waals surface area contributed by atoms with Crippen molar-refractivity contribution in [3.05, 3.63) is 69.6 Å². The first-order chi connectivity index (χ1) is 10.0. The Morgan fingerprint density at radius 1 is 1.10 bits per heavy atom. The number of Topliss-reactive ketones (excluding diaryl/α,β-unsaturated/α-hetero) is 1. The summed E-state index contributed by atoms with van der Waals surface area (Å²) in [5.41, 5.74) is 0.260. The number of halogens is 3. The van der Waals surface area contributed by atoms with E-state index in [-0.39, 0.29) is 23.6 Å². The van der Waals surface area contributed by atoms with Crippen LogP contribution < -0.4 is 0 Å². The quantitative estimate of drug-likeness (QED) is 0.601. The number of benzene rings is 2. The number of carbonyl (C=O) groups is 1. The monoisotopic (exact) mass is 322 g/mol. The molecular weight excluding hydrogens is 314 g/mol. The van der Waals surface area contributed by atoms with Crippen molar-refractivity contribution in [2.75, 3.05) is 0 Å². The molecule has 0 bridgehead atoms. The molecule has 0 fully saturated rings. The van der Waals surface area contributed by atoms with E-state index in [4.69, 9.17) is 11.6 Å². The Balaban J connectivity index is 1.91. The highest BCUT2D eigenvalue weighted by molar-refractivity contribution is 7.20. The van der Waals surface area contributed by atoms with Crippen molar-refractivity contribution in [3.8, 4) is 0 Å². The van der Waals surface area contributed by atoms with Gasteiger partial charge in [-0.1, -0.05) is 11.6 Å². The fourth-order valence-corrected chi connectivity index (χ4v) is 3.27. The SMILES string of the molecule is O=C(Cc1cc(Cl)ccc1F)c1cc2cc(F)ccc2s1. The average molecular weight is 323 g/mol. The molecule has 0 amide bonds. The molecule has 2 aromatic carbocycles. The lowest BCUT2D eigenvalue weighted by Gasteiger charge is -2.02. The van der Waals surface area contributed by atoms with Crippen LogP contribution in [0.15, 0.2) is 42.5 Å². The first-order valence-electron chi connectivity index (χ1n) is 6.19. The van der Waals surface area contributed by atoms with E-state index in [2.05, 4.69) is 0 Å². The molecule has 1 aromatic heterocycles. The molecule has 3 rings (SSSR count). The molecule has 0 aliphatic carbocycles. The Bertz CT molecular complexity index is 841. The van der Waals surface area contributed by atoms with Crippen molar-refractivity contribution in [1.82, 2.24) is 0 Å². The molecule has 0 radical (unpaired) electrons. The highest BCUT2D eigenvalue weighted by Gasteiger charge is 2.14. The third kappa shape index (κ3) is 2.96. The van der Waals surface area contributed by atoms with Crippen LogP contribution in [0.3, 0.4) is 0 Å². The third-order valence-electron chi connectivity index (χ3n) is 3.11. The van der Waals surface area contributed by atoms with E-state index in [0.29, 0.717) is 15.3 Å². The normalized spacial score (nSPS) is 11.0. The van der Waals surface area contributed by atoms with Gasteiger partial charge in [-0.2, -0.15) is 0 Å². The van der Waals surface area contributed by atoms with Crippen LogP contribution in [0.1, 0.15) is 15.2 Å². The van der Waals surface area contributed by atoms with Gasteiger partial charge in [0.2, 0.25) is 0 Å². The second kappa shape index (κ2) is 5.54. The zero-order valence-corrected chi connectivity index (χ0v) is 12.3. The van der Waals surface area contributed by atoms with Gasteiger partial charge >= 0.3 is 0 Å². The smallest absolute Gasteiger partial charge is 0.177 e. The maximum atomic E-state index is 13.6. The fraction of sp³-hybridized carbons (Fsp3) is 0.0625. The summed E-state index contributed by atoms with van der Waals surface area (Å²) in [4.78, 5) is 12.7. The van der Waals surface area contributed by atoms with Crippen molar-refractivity contribution in [2.24, 2.45) is 0 Å². The van der Waals surface area contributed by atoms with Crippen molar-refractivity contribution >= 4 is 38.8 Å². The van der Waals surface area contributed by atoms with Crippen LogP contribution >= 0.6 is 22.9 Å². The lowest BCUT2D eigenvalue weighted by atomic mass is 10.1. The van der Waals surface area contributed by atoms with E-state index in [1.165, 1.54) is 41.7 Å². The average Bonchev–Trinajstić information content (AvgIpc) is 2.86. The molecule has 0 aliphatic heterocycles. The van der Waals surface area contributed by atoms with Gasteiger partial charge in [-0.25, -0.2) is 8.78 Å². The maximum absolute atomic E-state index is 13.6. The lowest BCUT2D eigenvalue weighted by Crippen LogP contribution is -2.03. The van der Waals surface area contributed by atoms with E-state index in [1.807, 2.05) is 0 Å². The van der Waals surface area contributed by atoms with Gasteiger partial charge in [0, 0.05) is 16.1 Å². The molecule has 5 heteroatoms. The van der Waals surface area contributed by atoms with E-state index >= 15 is 0 Å². The molecule has 106 valence electrons. The molecule has 1 nitrogen and oxygen atoms in total. The molecule has 0 saturated carbocycles. The van der Waals surface area contributed by atoms with Crippen molar-refractivity contribution in [2.45, 2.75) is 6.42 Å². The molecule has 0 saturated heterocycles. The summed E-state index contributed by atoms with van der Waals surface area (Å²) in [5.74, 6) is -1.02. The predicted molar refractivity (Wildman–Crippen MR) is 81.2 cm³/mol. The molecule has 3 aromatic rings. The Labute approximate surface area is 128 Å². The summed E-state index contributed by atoms with van der Waals surface area (Å²) in [5, 5.41) is 1.06. The highest BCUT2D eigenvalue weighted by Crippen LogP contribution is 2.27. The second-order valence-electron chi connectivity index (χ2n) is 4.63. The van der Waals surface area contributed by atoms with Crippen molar-refractivity contribution in [1.29, 1.82) is 0 Å². The van der Waals surface area contributed by atoms with E-state index in [9.17, 15) is 13.6 Å². The van der Waals surface area contributed by atoms with Crippen LogP contribution in [0, 0.1) is 11.6 Å². The minimum Gasteiger partial charge on any atom is -0.293 e. The Kier molecular flexibility index (Phi) is 3.74. The number of hydrogen-bond acceptors (Lipinski definition) is 2. The van der Waals surface area contributed by atoms with Gasteiger partial charge in [0.05, 0.1) is 4.88 Å².